The summed E-state index contributed by atoms with van der Waals surface area (Å²) in [7, 11) is 0. The number of hydrogen-bond acceptors (Lipinski definition) is 2. The maximum absolute atomic E-state index is 11.7. The van der Waals surface area contributed by atoms with Gasteiger partial charge in [0.05, 0.1) is 13.2 Å². The van der Waals surface area contributed by atoms with Gasteiger partial charge in [-0.1, -0.05) is 23.8 Å². The number of aryl methyl sites for hydroxylation is 2. The topological polar surface area (TPSA) is 29.5 Å². The Bertz CT molecular complexity index is 446. The van der Waals surface area contributed by atoms with Gasteiger partial charge in [-0.15, -0.1) is 0 Å². The van der Waals surface area contributed by atoms with Crippen molar-refractivity contribution in [2.24, 2.45) is 0 Å². The Morgan fingerprint density at radius 2 is 2.24 bits per heavy atom. The van der Waals surface area contributed by atoms with E-state index >= 15 is 0 Å². The van der Waals surface area contributed by atoms with Crippen LogP contribution in [0.5, 0.6) is 0 Å². The normalized spacial score (nSPS) is 15.8. The molecule has 0 saturated carbocycles. The Hall–Kier alpha value is -1.61. The van der Waals surface area contributed by atoms with E-state index in [2.05, 4.69) is 13.0 Å². The molecule has 1 aromatic carbocycles. The van der Waals surface area contributed by atoms with E-state index in [1.54, 1.807) is 6.08 Å². The van der Waals surface area contributed by atoms with Crippen LogP contribution >= 0.6 is 0 Å². The third-order valence-corrected chi connectivity index (χ3v) is 2.83. The molecule has 1 aliphatic rings. The van der Waals surface area contributed by atoms with Gasteiger partial charge in [-0.3, -0.25) is 9.63 Å². The van der Waals surface area contributed by atoms with Crippen LogP contribution in [0.25, 0.3) is 6.08 Å². The summed E-state index contributed by atoms with van der Waals surface area (Å²) in [5.41, 5.74) is 3.48. The number of carbonyl (C=O) groups is 1. The fourth-order valence-electron chi connectivity index (χ4n) is 1.88. The molecule has 0 aromatic heterocycles. The summed E-state index contributed by atoms with van der Waals surface area (Å²) >= 11 is 0. The van der Waals surface area contributed by atoms with Gasteiger partial charge in [-0.25, -0.2) is 5.06 Å². The van der Waals surface area contributed by atoms with E-state index in [1.807, 2.05) is 25.1 Å². The zero-order valence-corrected chi connectivity index (χ0v) is 10.3. The minimum atomic E-state index is -0.0810. The summed E-state index contributed by atoms with van der Waals surface area (Å²) in [5, 5.41) is 1.42. The smallest absolute Gasteiger partial charge is 0.270 e. The summed E-state index contributed by atoms with van der Waals surface area (Å²) in [4.78, 5) is 16.9. The fraction of sp³-hybridized carbons (Fsp3) is 0.357. The molecule has 0 bridgehead atoms. The lowest BCUT2D eigenvalue weighted by Gasteiger charge is -2.10. The van der Waals surface area contributed by atoms with Gasteiger partial charge in [-0.2, -0.15) is 0 Å². The molecule has 1 heterocycles. The Labute approximate surface area is 102 Å². The second-order valence-electron chi connectivity index (χ2n) is 4.32. The van der Waals surface area contributed by atoms with Gasteiger partial charge in [0.15, 0.2) is 0 Å². The third-order valence-electron chi connectivity index (χ3n) is 2.83. The number of amides is 1. The molecular weight excluding hydrogens is 214 g/mol. The lowest BCUT2D eigenvalue weighted by atomic mass is 10.1. The van der Waals surface area contributed by atoms with Crippen LogP contribution in [0.4, 0.5) is 0 Å². The van der Waals surface area contributed by atoms with Crippen LogP contribution in [-0.4, -0.2) is 24.1 Å². The predicted octanol–water partition coefficient (Wildman–Crippen LogP) is 2.48. The molecule has 0 N–H and O–H groups in total. The minimum Gasteiger partial charge on any atom is -0.271 e. The predicted molar refractivity (Wildman–Crippen MR) is 67.2 cm³/mol. The van der Waals surface area contributed by atoms with Crippen LogP contribution in [0.1, 0.15) is 23.1 Å². The lowest BCUT2D eigenvalue weighted by Crippen LogP contribution is -2.24. The van der Waals surface area contributed by atoms with Gasteiger partial charge in [0.2, 0.25) is 0 Å². The van der Waals surface area contributed by atoms with E-state index in [0.29, 0.717) is 13.2 Å². The second kappa shape index (κ2) is 5.15. The monoisotopic (exact) mass is 231 g/mol. The first kappa shape index (κ1) is 11.9. The zero-order chi connectivity index (χ0) is 12.3. The zero-order valence-electron chi connectivity index (χ0n) is 10.3. The molecule has 1 aromatic rings. The van der Waals surface area contributed by atoms with Crippen LogP contribution < -0.4 is 0 Å². The van der Waals surface area contributed by atoms with E-state index < -0.39 is 0 Å². The molecule has 0 unspecified atom stereocenters. The highest BCUT2D eigenvalue weighted by atomic mass is 16.7. The van der Waals surface area contributed by atoms with E-state index in [0.717, 1.165) is 12.0 Å². The van der Waals surface area contributed by atoms with Gasteiger partial charge >= 0.3 is 0 Å². The number of rotatable bonds is 2. The number of hydroxylamine groups is 2. The Kier molecular flexibility index (Phi) is 3.59. The van der Waals surface area contributed by atoms with Gasteiger partial charge in [0, 0.05) is 6.08 Å². The van der Waals surface area contributed by atoms with Gasteiger partial charge in [-0.05, 0) is 37.5 Å². The average molecular weight is 231 g/mol. The van der Waals surface area contributed by atoms with E-state index in [1.165, 1.54) is 16.2 Å². The first-order chi connectivity index (χ1) is 8.16. The first-order valence-electron chi connectivity index (χ1n) is 5.86. The van der Waals surface area contributed by atoms with Gasteiger partial charge < -0.3 is 0 Å². The maximum atomic E-state index is 11.7. The molecule has 1 aliphatic heterocycles. The van der Waals surface area contributed by atoms with Gasteiger partial charge in [0.1, 0.15) is 0 Å². The molecule has 3 nitrogen and oxygen atoms in total. The summed E-state index contributed by atoms with van der Waals surface area (Å²) in [6.45, 7) is 5.44. The highest BCUT2D eigenvalue weighted by Crippen LogP contribution is 2.13. The largest absolute Gasteiger partial charge is 0.271 e. The highest BCUT2D eigenvalue weighted by molar-refractivity contribution is 5.91. The van der Waals surface area contributed by atoms with Crippen molar-refractivity contribution in [3.63, 3.8) is 0 Å². The second-order valence-corrected chi connectivity index (χ2v) is 4.32. The molecule has 0 atom stereocenters. The van der Waals surface area contributed by atoms with Crippen LogP contribution in [0.3, 0.4) is 0 Å². The Morgan fingerprint density at radius 1 is 1.41 bits per heavy atom. The molecule has 3 heteroatoms. The fourth-order valence-corrected chi connectivity index (χ4v) is 1.88. The summed E-state index contributed by atoms with van der Waals surface area (Å²) < 4.78 is 0. The minimum absolute atomic E-state index is 0.0810. The Morgan fingerprint density at radius 3 is 2.88 bits per heavy atom. The summed E-state index contributed by atoms with van der Waals surface area (Å²) in [5.74, 6) is -0.0810. The maximum Gasteiger partial charge on any atom is 0.270 e. The van der Waals surface area contributed by atoms with Crippen molar-refractivity contribution >= 4 is 12.0 Å². The van der Waals surface area contributed by atoms with Crippen LogP contribution in [0, 0.1) is 13.8 Å². The van der Waals surface area contributed by atoms with Crippen molar-refractivity contribution in [3.8, 4) is 0 Å². The summed E-state index contributed by atoms with van der Waals surface area (Å²) in [6, 6.07) is 6.18. The lowest BCUT2D eigenvalue weighted by molar-refractivity contribution is -0.162. The SMILES string of the molecule is Cc1ccc(/C=C/C(=O)N2CCCO2)c(C)c1. The van der Waals surface area contributed by atoms with Crippen molar-refractivity contribution in [3.05, 3.63) is 41.0 Å². The van der Waals surface area contributed by atoms with Crippen LogP contribution in [-0.2, 0) is 9.63 Å². The molecule has 17 heavy (non-hydrogen) atoms. The standard InChI is InChI=1S/C14H17NO2/c1-11-4-5-13(12(2)10-11)6-7-14(16)15-8-3-9-17-15/h4-7,10H,3,8-9H2,1-2H3/b7-6+. The highest BCUT2D eigenvalue weighted by Gasteiger charge is 2.16. The molecular formula is C14H17NO2. The van der Waals surface area contributed by atoms with E-state index in [4.69, 9.17) is 4.84 Å². The van der Waals surface area contributed by atoms with Gasteiger partial charge in [0.25, 0.3) is 5.91 Å². The molecule has 0 spiro atoms. The number of carbonyl (C=O) groups excluding carboxylic acids is 1. The number of nitrogens with zero attached hydrogens (tertiary/aromatic N) is 1. The third kappa shape index (κ3) is 2.94. The van der Waals surface area contributed by atoms with Crippen LogP contribution in [0.2, 0.25) is 0 Å². The van der Waals surface area contributed by atoms with Crippen molar-refractivity contribution in [2.75, 3.05) is 13.2 Å². The quantitative estimate of drug-likeness (QED) is 0.732. The molecule has 0 radical (unpaired) electrons. The number of benzene rings is 1. The van der Waals surface area contributed by atoms with Crippen molar-refractivity contribution in [1.82, 2.24) is 5.06 Å². The molecule has 1 amide bonds. The first-order valence-corrected chi connectivity index (χ1v) is 5.86. The average Bonchev–Trinajstić information content (AvgIpc) is 2.81. The molecule has 1 saturated heterocycles. The molecule has 0 aliphatic carbocycles. The molecule has 90 valence electrons. The van der Waals surface area contributed by atoms with Crippen molar-refractivity contribution in [1.29, 1.82) is 0 Å². The van der Waals surface area contributed by atoms with E-state index in [9.17, 15) is 4.79 Å². The van der Waals surface area contributed by atoms with Crippen LogP contribution in [0.15, 0.2) is 24.3 Å². The van der Waals surface area contributed by atoms with E-state index in [-0.39, 0.29) is 5.91 Å². The Balaban J connectivity index is 2.06. The summed E-state index contributed by atoms with van der Waals surface area (Å²) in [6.07, 6.45) is 4.34. The molecule has 1 fully saturated rings. The van der Waals surface area contributed by atoms with Crippen molar-refractivity contribution < 1.29 is 9.63 Å². The molecule has 2 rings (SSSR count). The van der Waals surface area contributed by atoms with Crippen molar-refractivity contribution in [2.45, 2.75) is 20.3 Å². The number of hydrogen-bond donors (Lipinski definition) is 0.